The quantitative estimate of drug-likeness (QED) is 0.418. The monoisotopic (exact) mass is 193 g/mol. The van der Waals surface area contributed by atoms with E-state index in [-0.39, 0.29) is 19.9 Å². The second-order valence-electron chi connectivity index (χ2n) is 2.36. The highest BCUT2D eigenvalue weighted by Gasteiger charge is 2.30. The lowest BCUT2D eigenvalue weighted by Gasteiger charge is -2.04. The highest BCUT2D eigenvalue weighted by molar-refractivity contribution is 4.63. The zero-order valence-corrected chi connectivity index (χ0v) is 6.49. The van der Waals surface area contributed by atoms with E-state index in [1.165, 1.54) is 0 Å². The van der Waals surface area contributed by atoms with Crippen LogP contribution >= 0.6 is 0 Å². The van der Waals surface area contributed by atoms with E-state index < -0.39 is 16.2 Å². The number of hydrazine groups is 1. The van der Waals surface area contributed by atoms with Crippen molar-refractivity contribution >= 4 is 0 Å². The summed E-state index contributed by atoms with van der Waals surface area (Å²) in [5.41, 5.74) is 0. The van der Waals surface area contributed by atoms with E-state index in [4.69, 9.17) is 4.74 Å². The first-order chi connectivity index (χ1) is 6.09. The summed E-state index contributed by atoms with van der Waals surface area (Å²) >= 11 is 0. The molecule has 74 valence electrons. The number of nitrogens with zero attached hydrogens (tertiary/aromatic N) is 3. The second-order valence-corrected chi connectivity index (χ2v) is 2.36. The Labute approximate surface area is 72.0 Å². The maximum absolute atomic E-state index is 10.2. The Balaban J connectivity index is 2.25. The van der Waals surface area contributed by atoms with E-state index in [1.807, 2.05) is 0 Å². The number of hydrogen-bond donors (Lipinski definition) is 0. The molecule has 0 aromatic heterocycles. The Kier molecular flexibility index (Phi) is 2.80. The van der Waals surface area contributed by atoms with Crippen LogP contribution in [0.4, 0.5) is 0 Å². The molecule has 0 aromatic carbocycles. The molecule has 0 aliphatic carbocycles. The van der Waals surface area contributed by atoms with E-state index in [2.05, 4.69) is 4.84 Å². The minimum absolute atomic E-state index is 0.000833. The van der Waals surface area contributed by atoms with Crippen LogP contribution in [-0.2, 0) is 9.57 Å². The predicted octanol–water partition coefficient (Wildman–Crippen LogP) is -0.955. The van der Waals surface area contributed by atoms with Crippen LogP contribution in [-0.4, -0.2) is 41.1 Å². The van der Waals surface area contributed by atoms with E-state index >= 15 is 0 Å². The lowest BCUT2D eigenvalue weighted by Crippen LogP contribution is -2.29. The number of ether oxygens (including phenoxy) is 1. The van der Waals surface area contributed by atoms with Crippen molar-refractivity contribution in [2.75, 3.05) is 19.9 Å². The van der Waals surface area contributed by atoms with Gasteiger partial charge in [0.25, 0.3) is 5.09 Å². The molecule has 0 N–H and O–H groups in total. The van der Waals surface area contributed by atoms with E-state index in [1.54, 1.807) is 0 Å². The van der Waals surface area contributed by atoms with Gasteiger partial charge >= 0.3 is 0 Å². The third-order valence-electron chi connectivity index (χ3n) is 1.47. The van der Waals surface area contributed by atoms with Crippen molar-refractivity contribution in [1.82, 2.24) is 5.01 Å². The van der Waals surface area contributed by atoms with Gasteiger partial charge in [-0.2, -0.15) is 0 Å². The minimum atomic E-state index is -0.960. The SMILES string of the molecule is O=[N+]([O-])OCC1CN([N+](=O)[O-])CO1. The summed E-state index contributed by atoms with van der Waals surface area (Å²) in [7, 11) is 0. The first-order valence-electron chi connectivity index (χ1n) is 3.37. The third-order valence-corrected chi connectivity index (χ3v) is 1.47. The molecule has 1 atom stereocenters. The molecule has 1 rings (SSSR count). The summed E-state index contributed by atoms with van der Waals surface area (Å²) in [5, 5.41) is 19.1. The fourth-order valence-corrected chi connectivity index (χ4v) is 0.891. The highest BCUT2D eigenvalue weighted by atomic mass is 17.0. The van der Waals surface area contributed by atoms with E-state index in [0.29, 0.717) is 0 Å². The van der Waals surface area contributed by atoms with Gasteiger partial charge in [-0.3, -0.25) is 0 Å². The van der Waals surface area contributed by atoms with Crippen LogP contribution in [0.2, 0.25) is 0 Å². The summed E-state index contributed by atoms with van der Waals surface area (Å²) in [6.07, 6.45) is -0.615. The van der Waals surface area contributed by atoms with Crippen LogP contribution in [0.3, 0.4) is 0 Å². The Hall–Kier alpha value is -1.64. The number of nitro groups is 1. The Morgan fingerprint density at radius 1 is 1.54 bits per heavy atom. The molecule has 1 heterocycles. The zero-order chi connectivity index (χ0) is 9.84. The van der Waals surface area contributed by atoms with Gasteiger partial charge in [0, 0.05) is 0 Å². The van der Waals surface area contributed by atoms with Crippen LogP contribution in [0, 0.1) is 20.2 Å². The highest BCUT2D eigenvalue weighted by Crippen LogP contribution is 2.07. The van der Waals surface area contributed by atoms with Crippen molar-refractivity contribution in [3.05, 3.63) is 20.2 Å². The molecule has 1 unspecified atom stereocenters. The van der Waals surface area contributed by atoms with Gasteiger partial charge in [-0.15, -0.1) is 15.1 Å². The van der Waals surface area contributed by atoms with Gasteiger partial charge in [-0.1, -0.05) is 0 Å². The van der Waals surface area contributed by atoms with Crippen molar-refractivity contribution in [2.24, 2.45) is 0 Å². The maximum atomic E-state index is 10.2. The lowest BCUT2D eigenvalue weighted by molar-refractivity contribution is -0.759. The largest absolute Gasteiger partial charge is 0.348 e. The molecule has 0 aromatic rings. The second kappa shape index (κ2) is 3.85. The first kappa shape index (κ1) is 9.45. The van der Waals surface area contributed by atoms with Crippen LogP contribution < -0.4 is 0 Å². The maximum Gasteiger partial charge on any atom is 0.294 e. The van der Waals surface area contributed by atoms with Crippen molar-refractivity contribution < 1.29 is 19.7 Å². The van der Waals surface area contributed by atoms with Crippen LogP contribution in [0.5, 0.6) is 0 Å². The van der Waals surface area contributed by atoms with Crippen molar-refractivity contribution in [2.45, 2.75) is 6.10 Å². The lowest BCUT2D eigenvalue weighted by atomic mass is 10.4. The molecule has 1 saturated heterocycles. The smallest absolute Gasteiger partial charge is 0.294 e. The van der Waals surface area contributed by atoms with Gasteiger partial charge in [0.15, 0.2) is 11.8 Å². The molecule has 1 aliphatic heterocycles. The molecule has 13 heavy (non-hydrogen) atoms. The normalized spacial score (nSPS) is 21.5. The zero-order valence-electron chi connectivity index (χ0n) is 6.49. The van der Waals surface area contributed by atoms with Crippen molar-refractivity contribution in [3.8, 4) is 0 Å². The van der Waals surface area contributed by atoms with Crippen LogP contribution in [0.15, 0.2) is 0 Å². The summed E-state index contributed by atoms with van der Waals surface area (Å²) in [6, 6.07) is 0. The summed E-state index contributed by atoms with van der Waals surface area (Å²) < 4.78 is 4.83. The molecule has 0 amide bonds. The summed E-state index contributed by atoms with van der Waals surface area (Å²) in [4.78, 5) is 23.9. The third kappa shape index (κ3) is 2.71. The van der Waals surface area contributed by atoms with E-state index in [9.17, 15) is 20.2 Å². The molecule has 1 fully saturated rings. The number of hydrogen-bond acceptors (Lipinski definition) is 6. The van der Waals surface area contributed by atoms with Gasteiger partial charge < -0.3 is 9.57 Å². The molecular formula is C4H7N3O6. The Bertz CT molecular complexity index is 220. The fraction of sp³-hybridized carbons (Fsp3) is 1.00. The average Bonchev–Trinajstić information content (AvgIpc) is 2.48. The molecule has 1 aliphatic rings. The first-order valence-corrected chi connectivity index (χ1v) is 3.37. The average molecular weight is 193 g/mol. The Morgan fingerprint density at radius 2 is 2.23 bits per heavy atom. The van der Waals surface area contributed by atoms with Crippen LogP contribution in [0.1, 0.15) is 0 Å². The van der Waals surface area contributed by atoms with Crippen molar-refractivity contribution in [3.63, 3.8) is 0 Å². The van der Waals surface area contributed by atoms with Crippen molar-refractivity contribution in [1.29, 1.82) is 0 Å². The molecule has 9 nitrogen and oxygen atoms in total. The topological polar surface area (TPSA) is 108 Å². The Morgan fingerprint density at radius 3 is 2.69 bits per heavy atom. The van der Waals surface area contributed by atoms with Crippen LogP contribution in [0.25, 0.3) is 0 Å². The molecule has 0 bridgehead atoms. The molecular weight excluding hydrogens is 186 g/mol. The molecule has 0 saturated carbocycles. The standard InChI is InChI=1S/C4H7N3O6/c8-6(9)5-1-4(12-3-5)2-13-7(10)11/h4H,1-3H2. The van der Waals surface area contributed by atoms with Gasteiger partial charge in [0.2, 0.25) is 0 Å². The number of rotatable bonds is 4. The fourth-order valence-electron chi connectivity index (χ4n) is 0.891. The van der Waals surface area contributed by atoms with Gasteiger partial charge in [0.1, 0.15) is 19.3 Å². The van der Waals surface area contributed by atoms with Gasteiger partial charge in [0.05, 0.1) is 0 Å². The van der Waals surface area contributed by atoms with Gasteiger partial charge in [-0.05, 0) is 0 Å². The summed E-state index contributed by atoms with van der Waals surface area (Å²) in [6.45, 7) is -0.447. The molecule has 9 heteroatoms. The van der Waals surface area contributed by atoms with E-state index in [0.717, 1.165) is 5.01 Å². The predicted molar refractivity (Wildman–Crippen MR) is 36.4 cm³/mol. The minimum Gasteiger partial charge on any atom is -0.348 e. The van der Waals surface area contributed by atoms with Gasteiger partial charge in [-0.25, -0.2) is 10.1 Å². The molecule has 0 spiro atoms. The summed E-state index contributed by atoms with van der Waals surface area (Å²) in [5.74, 6) is 0. The molecule has 0 radical (unpaired) electrons.